The zero-order valence-electron chi connectivity index (χ0n) is 8.03. The van der Waals surface area contributed by atoms with Crippen molar-refractivity contribution in [2.24, 2.45) is 0 Å². The van der Waals surface area contributed by atoms with Crippen LogP contribution in [0.15, 0.2) is 24.3 Å². The third kappa shape index (κ3) is 3.47. The van der Waals surface area contributed by atoms with Crippen molar-refractivity contribution in [3.8, 4) is 5.75 Å². The fraction of sp³-hybridized carbons (Fsp3) is 0.125. The Morgan fingerprint density at radius 3 is 2.50 bits per heavy atom. The van der Waals surface area contributed by atoms with Gasteiger partial charge in [-0.05, 0) is 0 Å². The van der Waals surface area contributed by atoms with Gasteiger partial charge in [0.25, 0.3) is 0 Å². The molecule has 0 N–H and O–H groups in total. The van der Waals surface area contributed by atoms with Crippen LogP contribution >= 0.6 is 0 Å². The van der Waals surface area contributed by atoms with Crippen LogP contribution in [0.1, 0.15) is 11.8 Å². The molecule has 0 aliphatic heterocycles. The van der Waals surface area contributed by atoms with Crippen LogP contribution in [0.25, 0.3) is 0 Å². The molecule has 0 atom stereocenters. The van der Waals surface area contributed by atoms with E-state index in [-0.39, 0.29) is 56.6 Å². The van der Waals surface area contributed by atoms with E-state index >= 15 is 0 Å². The summed E-state index contributed by atoms with van der Waals surface area (Å²) in [5.74, 6) is 0.641. The van der Waals surface area contributed by atoms with Crippen molar-refractivity contribution in [3.05, 3.63) is 29.8 Å². The van der Waals surface area contributed by atoms with Crippen LogP contribution in [0, 0.1) is 0 Å². The first-order valence-corrected chi connectivity index (χ1v) is 4.26. The average molecular weight is 303 g/mol. The molecule has 0 amide bonds. The number of methoxy groups -OCH3 is 1. The van der Waals surface area contributed by atoms with E-state index in [1.54, 1.807) is 19.2 Å². The normalized spacial score (nSPS) is 8.42. The number of hydrogen-bond donors (Lipinski definition) is 0. The second-order valence-corrected chi connectivity index (χ2v) is 3.05. The van der Waals surface area contributed by atoms with E-state index < -0.39 is 0 Å². The van der Waals surface area contributed by atoms with Crippen LogP contribution in [-0.4, -0.2) is 33.2 Å². The van der Waals surface area contributed by atoms with Crippen LogP contribution in [0.4, 0.5) is 0 Å². The number of rotatable bonds is 2. The van der Waals surface area contributed by atoms with Gasteiger partial charge in [0.15, 0.2) is 0 Å². The van der Waals surface area contributed by atoms with Crippen LogP contribution in [0.2, 0.25) is 0 Å². The van der Waals surface area contributed by atoms with Gasteiger partial charge < -0.3 is 1.43 Å². The van der Waals surface area contributed by atoms with Gasteiger partial charge in [-0.3, -0.25) is 0 Å². The summed E-state index contributed by atoms with van der Waals surface area (Å²) < 4.78 is 5.03. The van der Waals surface area contributed by atoms with Gasteiger partial charge in [0.1, 0.15) is 0 Å². The number of carbonyl (C=O) groups excluding carboxylic acids is 1. The van der Waals surface area contributed by atoms with Crippen molar-refractivity contribution in [2.45, 2.75) is 0 Å². The van der Waals surface area contributed by atoms with E-state index in [1.807, 2.05) is 12.1 Å². The van der Waals surface area contributed by atoms with Gasteiger partial charge in [-0.1, -0.05) is 0 Å². The van der Waals surface area contributed by atoms with E-state index in [2.05, 4.69) is 0 Å². The van der Waals surface area contributed by atoms with Crippen LogP contribution in [-0.2, 0) is 0 Å². The van der Waals surface area contributed by atoms with Crippen LogP contribution < -0.4 is 56.1 Å². The molecule has 0 aliphatic rings. The van der Waals surface area contributed by atoms with E-state index in [0.29, 0.717) is 11.3 Å². The third-order valence-corrected chi connectivity index (χ3v) is 1.95. The summed E-state index contributed by atoms with van der Waals surface area (Å²) in [7, 11) is 1.56. The fourth-order valence-corrected chi connectivity index (χ4v) is 1.29. The Kier molecular flexibility index (Phi) is 7.16. The van der Waals surface area contributed by atoms with Crippen molar-refractivity contribution in [1.29, 1.82) is 0 Å². The van der Waals surface area contributed by atoms with Gasteiger partial charge in [0.2, 0.25) is 0 Å². The van der Waals surface area contributed by atoms with Gasteiger partial charge in [0, 0.05) is 0 Å². The molecule has 0 spiro atoms. The molecule has 0 fully saturated rings. The number of hydrogen-bond acceptors (Lipinski definition) is 2. The minimum Gasteiger partial charge on any atom is -1.00 e. The maximum atomic E-state index is 10.9. The predicted octanol–water partition coefficient (Wildman–Crippen LogP) is -1.88. The Balaban J connectivity index is 0. The SMILES string of the molecule is COc1ccccc1C(=O)[Te].[H-].[K+]. The molecule has 1 radical (unpaired) electrons. The zero-order valence-corrected chi connectivity index (χ0v) is 12.5. The summed E-state index contributed by atoms with van der Waals surface area (Å²) in [5.41, 5.74) is 0.639. The first kappa shape index (κ1) is 13.1. The zero-order chi connectivity index (χ0) is 8.27. The van der Waals surface area contributed by atoms with Gasteiger partial charge in [-0.15, -0.1) is 0 Å². The second kappa shape index (κ2) is 6.55. The summed E-state index contributed by atoms with van der Waals surface area (Å²) in [5, 5.41) is 0. The minimum atomic E-state index is 0. The monoisotopic (exact) mass is 305 g/mol. The molecule has 12 heavy (non-hydrogen) atoms. The van der Waals surface area contributed by atoms with Crippen LogP contribution in [0.3, 0.4) is 0 Å². The molecular formula is C8H8KO2Te. The van der Waals surface area contributed by atoms with E-state index in [1.165, 1.54) is 22.3 Å². The molecule has 59 valence electrons. The Hall–Kier alpha value is 1.12. The largest absolute Gasteiger partial charge is 1.00 e. The van der Waals surface area contributed by atoms with Gasteiger partial charge in [0.05, 0.1) is 0 Å². The Morgan fingerprint density at radius 2 is 2.08 bits per heavy atom. The smallest absolute Gasteiger partial charge is 1.00 e. The first-order chi connectivity index (χ1) is 5.25. The van der Waals surface area contributed by atoms with E-state index in [9.17, 15) is 4.79 Å². The van der Waals surface area contributed by atoms with Gasteiger partial charge in [-0.2, -0.15) is 0 Å². The Bertz CT molecular complexity index is 281. The average Bonchev–Trinajstić information content (AvgIpc) is 2.04. The molecule has 0 heterocycles. The maximum absolute atomic E-state index is 10.9. The van der Waals surface area contributed by atoms with Gasteiger partial charge >= 0.3 is 130 Å². The molecule has 4 heteroatoms. The number of para-hydroxylation sites is 1. The quantitative estimate of drug-likeness (QED) is 0.598. The third-order valence-electron chi connectivity index (χ3n) is 1.33. The van der Waals surface area contributed by atoms with Crippen molar-refractivity contribution in [2.75, 3.05) is 7.11 Å². The summed E-state index contributed by atoms with van der Waals surface area (Å²) >= 11 is 1.45. The fourth-order valence-electron chi connectivity index (χ4n) is 0.813. The van der Waals surface area contributed by atoms with Crippen molar-refractivity contribution in [3.63, 3.8) is 0 Å². The second-order valence-electron chi connectivity index (χ2n) is 1.99. The van der Waals surface area contributed by atoms with Gasteiger partial charge in [-0.25, -0.2) is 0 Å². The van der Waals surface area contributed by atoms with Crippen LogP contribution in [0.5, 0.6) is 5.75 Å². The molecule has 2 nitrogen and oxygen atoms in total. The molecule has 1 aromatic carbocycles. The Morgan fingerprint density at radius 1 is 1.50 bits per heavy atom. The van der Waals surface area contributed by atoms with E-state index in [0.717, 1.165) is 0 Å². The maximum Gasteiger partial charge on any atom is 1.00 e. The molecular weight excluding hydrogens is 295 g/mol. The molecule has 1 aromatic rings. The number of carbonyl (C=O) groups is 1. The molecule has 1 rings (SSSR count). The molecule has 0 bridgehead atoms. The van der Waals surface area contributed by atoms with E-state index in [4.69, 9.17) is 4.74 Å². The molecule has 0 unspecified atom stereocenters. The molecule has 0 saturated carbocycles. The predicted molar refractivity (Wildman–Crippen MR) is 44.2 cm³/mol. The first-order valence-electron chi connectivity index (χ1n) is 3.10. The molecule has 0 saturated heterocycles. The summed E-state index contributed by atoms with van der Waals surface area (Å²) in [6, 6.07) is 7.19. The Labute approximate surface area is 129 Å². The summed E-state index contributed by atoms with van der Waals surface area (Å²) in [6.07, 6.45) is 0. The molecule has 0 aromatic heterocycles. The number of ether oxygens (including phenoxy) is 1. The topological polar surface area (TPSA) is 26.3 Å². The summed E-state index contributed by atoms with van der Waals surface area (Å²) in [4.78, 5) is 10.9. The summed E-state index contributed by atoms with van der Waals surface area (Å²) in [6.45, 7) is 0. The van der Waals surface area contributed by atoms with Crippen molar-refractivity contribution >= 4 is 26.1 Å². The molecule has 0 aliphatic carbocycles. The number of benzene rings is 1. The van der Waals surface area contributed by atoms with Crippen molar-refractivity contribution in [1.82, 2.24) is 0 Å². The minimum absolute atomic E-state index is 0. The van der Waals surface area contributed by atoms with Crippen molar-refractivity contribution < 1.29 is 62.3 Å². The standard InChI is InChI=1S/C8H7O2Te.K.H/c1-10-7-5-3-2-4-6(7)8(9)11;;/h2-5H,1H3;;/q;+1;-1.